The highest BCUT2D eigenvalue weighted by Gasteiger charge is 2.39. The van der Waals surface area contributed by atoms with E-state index in [1.165, 1.54) is 6.42 Å². The van der Waals surface area contributed by atoms with Gasteiger partial charge in [-0.1, -0.05) is 6.07 Å². The molecule has 2 N–H and O–H groups in total. The van der Waals surface area contributed by atoms with Gasteiger partial charge in [0, 0.05) is 42.4 Å². The lowest BCUT2D eigenvalue weighted by molar-refractivity contribution is -0.116. The molecule has 1 fully saturated rings. The van der Waals surface area contributed by atoms with Crippen LogP contribution in [0.15, 0.2) is 34.3 Å². The van der Waals surface area contributed by atoms with E-state index in [-0.39, 0.29) is 11.3 Å². The lowest BCUT2D eigenvalue weighted by atomic mass is 9.76. The monoisotopic (exact) mass is 436 g/mol. The minimum atomic E-state index is -0.540. The van der Waals surface area contributed by atoms with E-state index in [1.807, 2.05) is 12.1 Å². The molecule has 1 aromatic carbocycles. The van der Waals surface area contributed by atoms with Crippen molar-refractivity contribution < 1.29 is 14.3 Å². The fourth-order valence-electron chi connectivity index (χ4n) is 5.07. The average Bonchev–Trinajstić information content (AvgIpc) is 2.83. The number of ketones is 1. The van der Waals surface area contributed by atoms with Crippen LogP contribution in [-0.4, -0.2) is 43.1 Å². The van der Waals surface area contributed by atoms with E-state index in [9.17, 15) is 9.59 Å². The van der Waals surface area contributed by atoms with Crippen molar-refractivity contribution in [3.63, 3.8) is 0 Å². The molecule has 2 aliphatic heterocycles. The number of carbonyl (C=O) groups is 1. The molecule has 0 spiro atoms. The molecule has 0 bridgehead atoms. The van der Waals surface area contributed by atoms with E-state index in [0.29, 0.717) is 40.8 Å². The molecule has 1 atom stereocenters. The van der Waals surface area contributed by atoms with Crippen LogP contribution in [0.1, 0.15) is 55.6 Å². The van der Waals surface area contributed by atoms with Gasteiger partial charge < -0.3 is 19.7 Å². The number of allylic oxidation sites excluding steroid dienone is 2. The first kappa shape index (κ1) is 20.6. The fourth-order valence-corrected chi connectivity index (χ4v) is 5.07. The highest BCUT2D eigenvalue weighted by atomic mass is 16.5. The molecule has 0 saturated carbocycles. The summed E-state index contributed by atoms with van der Waals surface area (Å²) in [5, 5.41) is 3.34. The summed E-state index contributed by atoms with van der Waals surface area (Å²) in [5.74, 6) is 1.87. The maximum atomic E-state index is 13.5. The highest BCUT2D eigenvalue weighted by Crippen LogP contribution is 2.46. The van der Waals surface area contributed by atoms with Crippen LogP contribution in [0.5, 0.6) is 11.5 Å². The van der Waals surface area contributed by atoms with Crippen LogP contribution in [0.4, 0.5) is 11.8 Å². The van der Waals surface area contributed by atoms with E-state index < -0.39 is 5.92 Å². The molecular weight excluding hydrogens is 408 g/mol. The maximum Gasteiger partial charge on any atom is 0.258 e. The first-order chi connectivity index (χ1) is 15.6. The number of ether oxygens (including phenoxy) is 2. The predicted molar refractivity (Wildman–Crippen MR) is 122 cm³/mol. The van der Waals surface area contributed by atoms with Gasteiger partial charge in [0.15, 0.2) is 5.78 Å². The van der Waals surface area contributed by atoms with Crippen LogP contribution < -0.4 is 25.2 Å². The average molecular weight is 437 g/mol. The lowest BCUT2D eigenvalue weighted by Gasteiger charge is -2.34. The van der Waals surface area contributed by atoms with Crippen LogP contribution >= 0.6 is 0 Å². The largest absolute Gasteiger partial charge is 0.497 e. The first-order valence-electron chi connectivity index (χ1n) is 11.2. The number of methoxy groups -OCH3 is 2. The van der Waals surface area contributed by atoms with Crippen molar-refractivity contribution in [3.8, 4) is 11.5 Å². The second-order valence-electron chi connectivity index (χ2n) is 8.53. The number of nitrogens with zero attached hydrogens (tertiary/aromatic N) is 2. The molecule has 0 amide bonds. The molecule has 1 aliphatic carbocycles. The van der Waals surface area contributed by atoms with Gasteiger partial charge in [-0.3, -0.25) is 14.6 Å². The number of carbonyl (C=O) groups excluding carboxylic acids is 1. The summed E-state index contributed by atoms with van der Waals surface area (Å²) < 4.78 is 11.0. The second kappa shape index (κ2) is 8.33. The second-order valence-corrected chi connectivity index (χ2v) is 8.53. The predicted octanol–water partition coefficient (Wildman–Crippen LogP) is 3.34. The van der Waals surface area contributed by atoms with Crippen LogP contribution in [0.25, 0.3) is 0 Å². The number of Topliss-reactive ketones (excluding diaryl/α,β-unsaturated/α-hetero) is 1. The smallest absolute Gasteiger partial charge is 0.258 e. The van der Waals surface area contributed by atoms with Crippen molar-refractivity contribution in [1.82, 2.24) is 9.97 Å². The molecule has 5 rings (SSSR count). The Balaban J connectivity index is 1.69. The molecule has 2 aromatic rings. The van der Waals surface area contributed by atoms with Gasteiger partial charge in [0.05, 0.1) is 25.7 Å². The van der Waals surface area contributed by atoms with Crippen molar-refractivity contribution in [2.75, 3.05) is 37.5 Å². The van der Waals surface area contributed by atoms with Gasteiger partial charge in [-0.15, -0.1) is 0 Å². The van der Waals surface area contributed by atoms with Crippen molar-refractivity contribution in [1.29, 1.82) is 0 Å². The van der Waals surface area contributed by atoms with Gasteiger partial charge >= 0.3 is 0 Å². The van der Waals surface area contributed by atoms with Crippen molar-refractivity contribution in [2.45, 2.75) is 44.4 Å². The quantitative estimate of drug-likeness (QED) is 0.759. The number of aromatic nitrogens is 2. The number of benzene rings is 1. The zero-order valence-electron chi connectivity index (χ0n) is 18.5. The third-order valence-corrected chi connectivity index (χ3v) is 6.65. The van der Waals surface area contributed by atoms with Crippen LogP contribution in [0.2, 0.25) is 0 Å². The van der Waals surface area contributed by atoms with Crippen LogP contribution in [-0.2, 0) is 4.79 Å². The van der Waals surface area contributed by atoms with E-state index in [1.54, 1.807) is 20.3 Å². The van der Waals surface area contributed by atoms with Crippen LogP contribution in [0.3, 0.4) is 0 Å². The summed E-state index contributed by atoms with van der Waals surface area (Å²) in [6.45, 7) is 1.76. The van der Waals surface area contributed by atoms with Gasteiger partial charge in [-0.25, -0.2) is 0 Å². The number of fused-ring (bicyclic) bond motifs is 1. The normalized spacial score (nSPS) is 20.4. The molecule has 1 aromatic heterocycles. The maximum absolute atomic E-state index is 13.5. The van der Waals surface area contributed by atoms with Crippen molar-refractivity contribution >= 4 is 17.5 Å². The molecule has 168 valence electrons. The Labute approximate surface area is 186 Å². The first-order valence-corrected chi connectivity index (χ1v) is 11.2. The summed E-state index contributed by atoms with van der Waals surface area (Å²) in [7, 11) is 3.18. The van der Waals surface area contributed by atoms with Gasteiger partial charge in [0.1, 0.15) is 17.3 Å². The number of H-pyrrole nitrogens is 1. The van der Waals surface area contributed by atoms with E-state index in [0.717, 1.165) is 50.0 Å². The Morgan fingerprint density at radius 1 is 1.03 bits per heavy atom. The van der Waals surface area contributed by atoms with E-state index >= 15 is 0 Å². The molecular formula is C24H28N4O4. The molecule has 3 aliphatic rings. The number of piperidine rings is 1. The molecule has 8 nitrogen and oxygen atoms in total. The lowest BCUT2D eigenvalue weighted by Crippen LogP contribution is -2.36. The Morgan fingerprint density at radius 3 is 2.59 bits per heavy atom. The Bertz CT molecular complexity index is 1150. The topological polar surface area (TPSA) is 96.5 Å². The third kappa shape index (κ3) is 3.43. The molecule has 32 heavy (non-hydrogen) atoms. The minimum absolute atomic E-state index is 0.0618. The van der Waals surface area contributed by atoms with Gasteiger partial charge in [-0.05, 0) is 38.2 Å². The third-order valence-electron chi connectivity index (χ3n) is 6.65. The molecule has 0 unspecified atom stereocenters. The SMILES string of the molecule is COc1ccc([C@@H]2C3=C(CCCC3=O)Nc3nc(N4CCCCC4)[nH]c(=O)c32)c(OC)c1. The number of anilines is 2. The zero-order valence-corrected chi connectivity index (χ0v) is 18.5. The summed E-state index contributed by atoms with van der Waals surface area (Å²) >= 11 is 0. The minimum Gasteiger partial charge on any atom is -0.497 e. The molecule has 0 radical (unpaired) electrons. The fraction of sp³-hybridized carbons (Fsp3) is 0.458. The van der Waals surface area contributed by atoms with Gasteiger partial charge in [-0.2, -0.15) is 4.98 Å². The van der Waals surface area contributed by atoms with E-state index in [4.69, 9.17) is 14.5 Å². The van der Waals surface area contributed by atoms with Gasteiger partial charge in [0.2, 0.25) is 5.95 Å². The molecule has 3 heterocycles. The summed E-state index contributed by atoms with van der Waals surface area (Å²) in [5.41, 5.74) is 2.50. The zero-order chi connectivity index (χ0) is 22.2. The Hall–Kier alpha value is -3.29. The standard InChI is InChI=1S/C24H28N4O4/c1-31-14-9-10-15(18(13-14)32-2)19-20-16(7-6-8-17(20)29)25-22-21(19)23(30)27-24(26-22)28-11-4-3-5-12-28/h9-10,13,19H,3-8,11-12H2,1-2H3,(H2,25,26,27,30)/t19-/m1/s1. The molecule has 8 heteroatoms. The van der Waals surface area contributed by atoms with Crippen molar-refractivity contribution in [3.05, 3.63) is 50.9 Å². The number of nitrogens with one attached hydrogen (secondary N) is 2. The summed E-state index contributed by atoms with van der Waals surface area (Å²) in [6.07, 6.45) is 5.38. The molecule has 1 saturated heterocycles. The van der Waals surface area contributed by atoms with Crippen molar-refractivity contribution in [2.24, 2.45) is 0 Å². The number of aromatic amines is 1. The number of hydrogen-bond donors (Lipinski definition) is 2. The van der Waals surface area contributed by atoms with Gasteiger partial charge in [0.25, 0.3) is 5.56 Å². The Kier molecular flexibility index (Phi) is 5.36. The number of rotatable bonds is 4. The summed E-state index contributed by atoms with van der Waals surface area (Å²) in [6, 6.07) is 5.49. The van der Waals surface area contributed by atoms with Crippen LogP contribution in [0, 0.1) is 0 Å². The Morgan fingerprint density at radius 2 is 1.84 bits per heavy atom. The van der Waals surface area contributed by atoms with E-state index in [2.05, 4.69) is 15.2 Å². The number of hydrogen-bond acceptors (Lipinski definition) is 7. The highest BCUT2D eigenvalue weighted by molar-refractivity contribution is 6.01. The summed E-state index contributed by atoms with van der Waals surface area (Å²) in [4.78, 5) is 36.5.